The highest BCUT2D eigenvalue weighted by Gasteiger charge is 2.24. The first-order chi connectivity index (χ1) is 10.4. The number of halogens is 2. The van der Waals surface area contributed by atoms with Crippen LogP contribution in [0.2, 0.25) is 5.02 Å². The van der Waals surface area contributed by atoms with Crippen LogP contribution in [-0.4, -0.2) is 47.9 Å². The quantitative estimate of drug-likeness (QED) is 0.907. The predicted molar refractivity (Wildman–Crippen MR) is 81.6 cm³/mol. The minimum atomic E-state index is -0.601. The zero-order valence-electron chi connectivity index (χ0n) is 12.4. The maximum atomic E-state index is 13.5. The molecule has 118 valence electrons. The molecule has 1 aliphatic heterocycles. The Morgan fingerprint density at radius 2 is 2.09 bits per heavy atom. The number of primary amides is 1. The van der Waals surface area contributed by atoms with Crippen LogP contribution in [0, 0.1) is 17.1 Å². The highest BCUT2D eigenvalue weighted by atomic mass is 35.5. The minimum Gasteiger partial charge on any atom is -0.368 e. The van der Waals surface area contributed by atoms with Crippen molar-refractivity contribution in [1.82, 2.24) is 9.80 Å². The molecule has 0 spiro atoms. The molecule has 0 aliphatic carbocycles. The van der Waals surface area contributed by atoms with Gasteiger partial charge >= 0.3 is 0 Å². The number of carbonyl (C=O) groups is 1. The van der Waals surface area contributed by atoms with E-state index in [-0.39, 0.29) is 22.5 Å². The number of hydrogen-bond acceptors (Lipinski definition) is 4. The van der Waals surface area contributed by atoms with Gasteiger partial charge in [-0.1, -0.05) is 17.7 Å². The predicted octanol–water partition coefficient (Wildman–Crippen LogP) is 1.34. The molecule has 7 heteroatoms. The second-order valence-corrected chi connectivity index (χ2v) is 5.78. The Morgan fingerprint density at radius 3 is 2.64 bits per heavy atom. The monoisotopic (exact) mass is 324 g/mol. The number of nitrogens with zero attached hydrogens (tertiary/aromatic N) is 3. The number of amides is 1. The molecule has 1 heterocycles. The van der Waals surface area contributed by atoms with Crippen LogP contribution in [0.25, 0.3) is 0 Å². The molecule has 1 aromatic rings. The van der Waals surface area contributed by atoms with Gasteiger partial charge in [-0.2, -0.15) is 5.26 Å². The Labute approximate surface area is 134 Å². The van der Waals surface area contributed by atoms with Gasteiger partial charge in [0.25, 0.3) is 0 Å². The number of nitrogens with two attached hydrogens (primary N) is 1. The number of piperazine rings is 1. The topological polar surface area (TPSA) is 73.4 Å². The molecule has 22 heavy (non-hydrogen) atoms. The van der Waals surface area contributed by atoms with Crippen molar-refractivity contribution in [3.63, 3.8) is 0 Å². The molecule has 5 nitrogen and oxygen atoms in total. The molecule has 1 aromatic carbocycles. The molecule has 0 radical (unpaired) electrons. The normalized spacial score (nSPS) is 17.9. The summed E-state index contributed by atoms with van der Waals surface area (Å²) in [5.41, 5.74) is 5.93. The lowest BCUT2D eigenvalue weighted by molar-refractivity contribution is -0.123. The van der Waals surface area contributed by atoms with E-state index in [2.05, 4.69) is 4.90 Å². The summed E-state index contributed by atoms with van der Waals surface area (Å²) in [5.74, 6) is -0.926. The molecular weight excluding hydrogens is 307 g/mol. The molecule has 0 bridgehead atoms. The summed E-state index contributed by atoms with van der Waals surface area (Å²) < 4.78 is 13.5. The van der Waals surface area contributed by atoms with Gasteiger partial charge < -0.3 is 5.73 Å². The van der Waals surface area contributed by atoms with Gasteiger partial charge in [0.2, 0.25) is 5.91 Å². The lowest BCUT2D eigenvalue weighted by Gasteiger charge is -2.37. The van der Waals surface area contributed by atoms with E-state index in [4.69, 9.17) is 22.6 Å². The van der Waals surface area contributed by atoms with E-state index in [0.717, 1.165) is 31.7 Å². The van der Waals surface area contributed by atoms with Gasteiger partial charge in [-0.05, 0) is 18.6 Å². The van der Waals surface area contributed by atoms with Gasteiger partial charge in [-0.15, -0.1) is 0 Å². The van der Waals surface area contributed by atoms with Crippen molar-refractivity contribution < 1.29 is 9.18 Å². The number of hydrogen-bond donors (Lipinski definition) is 1. The third-order valence-electron chi connectivity index (χ3n) is 4.04. The van der Waals surface area contributed by atoms with E-state index in [1.165, 1.54) is 6.07 Å². The lowest BCUT2D eigenvalue weighted by atomic mass is 10.1. The van der Waals surface area contributed by atoms with Crippen LogP contribution < -0.4 is 5.73 Å². The number of nitriles is 1. The van der Waals surface area contributed by atoms with E-state index >= 15 is 0 Å². The molecule has 1 fully saturated rings. The van der Waals surface area contributed by atoms with Crippen molar-refractivity contribution >= 4 is 17.5 Å². The fourth-order valence-electron chi connectivity index (χ4n) is 2.55. The average Bonchev–Trinajstić information content (AvgIpc) is 2.50. The first-order valence-corrected chi connectivity index (χ1v) is 7.44. The zero-order chi connectivity index (χ0) is 16.3. The van der Waals surface area contributed by atoms with Crippen LogP contribution in [0.15, 0.2) is 12.1 Å². The van der Waals surface area contributed by atoms with E-state index in [1.54, 1.807) is 19.1 Å². The van der Waals surface area contributed by atoms with Gasteiger partial charge in [0, 0.05) is 32.7 Å². The molecule has 2 N–H and O–H groups in total. The summed E-state index contributed by atoms with van der Waals surface area (Å²) >= 11 is 6.09. The second-order valence-electron chi connectivity index (χ2n) is 5.40. The molecule has 1 saturated heterocycles. The van der Waals surface area contributed by atoms with Crippen LogP contribution in [0.3, 0.4) is 0 Å². The third-order valence-corrected chi connectivity index (χ3v) is 4.47. The number of rotatable bonds is 4. The van der Waals surface area contributed by atoms with Gasteiger partial charge in [0.1, 0.15) is 17.4 Å². The van der Waals surface area contributed by atoms with Crippen molar-refractivity contribution in [2.45, 2.75) is 19.5 Å². The van der Waals surface area contributed by atoms with E-state index in [0.29, 0.717) is 6.54 Å². The van der Waals surface area contributed by atoms with Crippen molar-refractivity contribution in [2.24, 2.45) is 5.73 Å². The Bertz CT molecular complexity index is 608. The molecule has 0 aromatic heterocycles. The van der Waals surface area contributed by atoms with Gasteiger partial charge in [-0.25, -0.2) is 4.39 Å². The molecule has 1 amide bonds. The molecular formula is C15H18ClFN4O. The zero-order valence-corrected chi connectivity index (χ0v) is 13.1. The van der Waals surface area contributed by atoms with Crippen molar-refractivity contribution in [1.29, 1.82) is 5.26 Å². The number of benzene rings is 1. The molecule has 2 rings (SSSR count). The first-order valence-electron chi connectivity index (χ1n) is 7.06. The van der Waals surface area contributed by atoms with Crippen molar-refractivity contribution in [3.8, 4) is 6.07 Å². The fourth-order valence-corrected chi connectivity index (χ4v) is 2.81. The Hall–Kier alpha value is -1.68. The van der Waals surface area contributed by atoms with Crippen molar-refractivity contribution in [2.75, 3.05) is 26.2 Å². The van der Waals surface area contributed by atoms with Crippen molar-refractivity contribution in [3.05, 3.63) is 34.1 Å². The molecule has 0 saturated carbocycles. The summed E-state index contributed by atoms with van der Waals surface area (Å²) in [6, 6.07) is 4.39. The third kappa shape index (κ3) is 3.55. The maximum Gasteiger partial charge on any atom is 0.234 e. The Morgan fingerprint density at radius 1 is 1.45 bits per heavy atom. The number of carbonyl (C=O) groups excluding carboxylic acids is 1. The summed E-state index contributed by atoms with van der Waals surface area (Å²) in [4.78, 5) is 15.4. The van der Waals surface area contributed by atoms with Crippen LogP contribution in [0.4, 0.5) is 4.39 Å². The van der Waals surface area contributed by atoms with Crippen LogP contribution in [0.1, 0.15) is 18.1 Å². The minimum absolute atomic E-state index is 0.111. The molecule has 1 aliphatic rings. The largest absolute Gasteiger partial charge is 0.368 e. The summed E-state index contributed by atoms with van der Waals surface area (Å²) in [6.07, 6.45) is 0. The van der Waals surface area contributed by atoms with E-state index in [1.807, 2.05) is 4.90 Å². The van der Waals surface area contributed by atoms with Gasteiger partial charge in [0.15, 0.2) is 0 Å². The lowest BCUT2D eigenvalue weighted by Crippen LogP contribution is -2.52. The smallest absolute Gasteiger partial charge is 0.234 e. The molecule has 1 unspecified atom stereocenters. The highest BCUT2D eigenvalue weighted by Crippen LogP contribution is 2.25. The van der Waals surface area contributed by atoms with Crippen LogP contribution >= 0.6 is 11.6 Å². The highest BCUT2D eigenvalue weighted by molar-refractivity contribution is 6.32. The fraction of sp³-hybridized carbons (Fsp3) is 0.467. The average molecular weight is 325 g/mol. The van der Waals surface area contributed by atoms with Gasteiger partial charge in [-0.3, -0.25) is 14.6 Å². The van der Waals surface area contributed by atoms with Crippen LogP contribution in [0.5, 0.6) is 0 Å². The second kappa shape index (κ2) is 7.05. The maximum absolute atomic E-state index is 13.5. The summed E-state index contributed by atoms with van der Waals surface area (Å²) in [5, 5.41) is 9.12. The van der Waals surface area contributed by atoms with Gasteiger partial charge in [0.05, 0.1) is 11.1 Å². The first kappa shape index (κ1) is 16.7. The SMILES string of the molecule is CC(C(N)=O)N1CCN(Cc2ccc(F)c(C#N)c2Cl)CC1. The standard InChI is InChI=1S/C15H18ClFN4O/c1-10(15(19)22)21-6-4-20(5-7-21)9-11-2-3-13(17)12(8-18)14(11)16/h2-3,10H,4-7,9H2,1H3,(H2,19,22). The molecule has 1 atom stereocenters. The Balaban J connectivity index is 2.00. The Kier molecular flexibility index (Phi) is 5.35. The van der Waals surface area contributed by atoms with Crippen LogP contribution in [-0.2, 0) is 11.3 Å². The summed E-state index contributed by atoms with van der Waals surface area (Å²) in [7, 11) is 0. The van der Waals surface area contributed by atoms with E-state index < -0.39 is 5.82 Å². The summed E-state index contributed by atoms with van der Waals surface area (Å²) in [6.45, 7) is 5.32. The van der Waals surface area contributed by atoms with E-state index in [9.17, 15) is 9.18 Å².